The second-order valence-electron chi connectivity index (χ2n) is 12.8. The smallest absolute Gasteiger partial charge is 0.229 e. The molecular formula is C33H43ClN10O2S. The van der Waals surface area contributed by atoms with E-state index < -0.39 is 9.84 Å². The van der Waals surface area contributed by atoms with Gasteiger partial charge in [0.1, 0.15) is 5.02 Å². The summed E-state index contributed by atoms with van der Waals surface area (Å²) in [6.45, 7) is 8.84. The molecular weight excluding hydrogens is 636 g/mol. The van der Waals surface area contributed by atoms with Crippen LogP contribution < -0.4 is 20.4 Å². The average Bonchev–Trinajstić information content (AvgIpc) is 3.03. The highest BCUT2D eigenvalue weighted by molar-refractivity contribution is 7.89. The normalized spacial score (nSPS) is 16.9. The summed E-state index contributed by atoms with van der Waals surface area (Å²) >= 11 is 6.55. The second-order valence-corrected chi connectivity index (χ2v) is 15.4. The maximum atomic E-state index is 12.4. The fourth-order valence-electron chi connectivity index (χ4n) is 6.54. The molecule has 14 heteroatoms. The van der Waals surface area contributed by atoms with Crippen LogP contribution >= 0.6 is 11.6 Å². The number of rotatable bonds is 9. The van der Waals surface area contributed by atoms with E-state index in [2.05, 4.69) is 71.3 Å². The molecule has 4 heterocycles. The van der Waals surface area contributed by atoms with Crippen LogP contribution in [0.25, 0.3) is 11.0 Å². The lowest BCUT2D eigenvalue weighted by Gasteiger charge is -2.43. The number of halogens is 1. The van der Waals surface area contributed by atoms with E-state index in [9.17, 15) is 8.42 Å². The molecule has 2 aliphatic rings. The molecule has 0 unspecified atom stereocenters. The van der Waals surface area contributed by atoms with Gasteiger partial charge < -0.3 is 25.3 Å². The van der Waals surface area contributed by atoms with E-state index in [-0.39, 0.29) is 5.75 Å². The quantitative estimate of drug-likeness (QED) is 0.255. The minimum Gasteiger partial charge on any atom is -0.376 e. The molecule has 2 aliphatic heterocycles. The fourth-order valence-corrected chi connectivity index (χ4v) is 7.49. The van der Waals surface area contributed by atoms with Crippen molar-refractivity contribution in [2.24, 2.45) is 0 Å². The maximum Gasteiger partial charge on any atom is 0.229 e. The van der Waals surface area contributed by atoms with Crippen molar-refractivity contribution in [3.8, 4) is 0 Å². The topological polar surface area (TPSA) is 123 Å². The molecule has 2 saturated heterocycles. The van der Waals surface area contributed by atoms with Crippen LogP contribution in [0.5, 0.6) is 0 Å². The second kappa shape index (κ2) is 13.8. The van der Waals surface area contributed by atoms with Crippen molar-refractivity contribution in [1.29, 1.82) is 0 Å². The van der Waals surface area contributed by atoms with E-state index in [1.807, 2.05) is 14.1 Å². The average molecular weight is 679 g/mol. The number of benzene rings is 2. The predicted molar refractivity (Wildman–Crippen MR) is 192 cm³/mol. The van der Waals surface area contributed by atoms with Crippen molar-refractivity contribution in [3.05, 3.63) is 59.0 Å². The molecule has 12 nitrogen and oxygen atoms in total. The zero-order valence-electron chi connectivity index (χ0n) is 27.7. The number of anilines is 6. The largest absolute Gasteiger partial charge is 0.376 e. The SMILES string of the molecule is Cc1cc(Nc2ncc(Cl)c(Nc3ccc4nccnc4c3CS(C)(=O)=O)n2)c(N(C)C)cc1N1CCC(N2CCN(C)CC2)CC1. The minimum atomic E-state index is -3.38. The molecule has 4 aromatic rings. The highest BCUT2D eigenvalue weighted by Crippen LogP contribution is 2.37. The number of piperazine rings is 1. The summed E-state index contributed by atoms with van der Waals surface area (Å²) in [6, 6.07) is 8.60. The molecule has 6 rings (SSSR count). The molecule has 2 aromatic carbocycles. The van der Waals surface area contributed by atoms with Crippen molar-refractivity contribution < 1.29 is 8.42 Å². The maximum absolute atomic E-state index is 12.4. The van der Waals surface area contributed by atoms with Crippen molar-refractivity contribution in [3.63, 3.8) is 0 Å². The highest BCUT2D eigenvalue weighted by atomic mass is 35.5. The lowest BCUT2D eigenvalue weighted by Crippen LogP contribution is -2.52. The zero-order valence-corrected chi connectivity index (χ0v) is 29.2. The fraction of sp³-hybridized carbons (Fsp3) is 0.455. The van der Waals surface area contributed by atoms with Crippen LogP contribution in [-0.4, -0.2) is 111 Å². The van der Waals surface area contributed by atoms with E-state index in [1.165, 1.54) is 36.5 Å². The molecule has 2 fully saturated rings. The highest BCUT2D eigenvalue weighted by Gasteiger charge is 2.28. The molecule has 0 saturated carbocycles. The number of fused-ring (bicyclic) bond motifs is 1. The Morgan fingerprint density at radius 1 is 0.957 bits per heavy atom. The molecule has 0 radical (unpaired) electrons. The van der Waals surface area contributed by atoms with Gasteiger partial charge in [0.2, 0.25) is 5.95 Å². The molecule has 2 N–H and O–H groups in total. The van der Waals surface area contributed by atoms with Crippen LogP contribution in [0.3, 0.4) is 0 Å². The summed E-state index contributed by atoms with van der Waals surface area (Å²) in [5.41, 5.74) is 6.43. The van der Waals surface area contributed by atoms with Crippen LogP contribution in [0.1, 0.15) is 24.0 Å². The lowest BCUT2D eigenvalue weighted by atomic mass is 10.00. The molecule has 0 aliphatic carbocycles. The van der Waals surface area contributed by atoms with Gasteiger partial charge in [-0.3, -0.25) is 14.9 Å². The van der Waals surface area contributed by atoms with E-state index in [1.54, 1.807) is 24.5 Å². The first-order valence-electron chi connectivity index (χ1n) is 15.9. The third kappa shape index (κ3) is 7.69. The van der Waals surface area contributed by atoms with Gasteiger partial charge in [-0.05, 0) is 56.6 Å². The number of hydrogen-bond acceptors (Lipinski definition) is 12. The number of aromatic nitrogens is 4. The molecule has 0 atom stereocenters. The van der Waals surface area contributed by atoms with Gasteiger partial charge in [0.05, 0.1) is 34.4 Å². The van der Waals surface area contributed by atoms with E-state index in [0.717, 1.165) is 50.6 Å². The Bertz CT molecular complexity index is 1860. The minimum absolute atomic E-state index is 0.218. The van der Waals surface area contributed by atoms with Crippen LogP contribution in [0.15, 0.2) is 42.9 Å². The Balaban J connectivity index is 1.23. The molecule has 0 bridgehead atoms. The molecule has 0 amide bonds. The van der Waals surface area contributed by atoms with Gasteiger partial charge in [0.15, 0.2) is 15.7 Å². The first kappa shape index (κ1) is 33.1. The van der Waals surface area contributed by atoms with E-state index in [4.69, 9.17) is 16.6 Å². The van der Waals surface area contributed by atoms with Gasteiger partial charge in [-0.2, -0.15) is 4.98 Å². The van der Waals surface area contributed by atoms with Crippen molar-refractivity contribution in [1.82, 2.24) is 29.7 Å². The number of piperidine rings is 1. The van der Waals surface area contributed by atoms with Gasteiger partial charge in [0, 0.05) is 95.0 Å². The van der Waals surface area contributed by atoms with Crippen molar-refractivity contribution >= 4 is 67.0 Å². The van der Waals surface area contributed by atoms with Crippen LogP contribution in [-0.2, 0) is 15.6 Å². The first-order chi connectivity index (χ1) is 22.4. The van der Waals surface area contributed by atoms with Crippen LogP contribution in [0, 0.1) is 6.92 Å². The Kier molecular flexibility index (Phi) is 9.70. The molecule has 0 spiro atoms. The van der Waals surface area contributed by atoms with Gasteiger partial charge in [0.25, 0.3) is 0 Å². The van der Waals surface area contributed by atoms with Gasteiger partial charge >= 0.3 is 0 Å². The number of aryl methyl sites for hydroxylation is 1. The first-order valence-corrected chi connectivity index (χ1v) is 18.4. The molecule has 250 valence electrons. The Morgan fingerprint density at radius 3 is 2.38 bits per heavy atom. The number of sulfone groups is 1. The third-order valence-corrected chi connectivity index (χ3v) is 10.1. The van der Waals surface area contributed by atoms with Crippen molar-refractivity contribution in [2.75, 3.05) is 87.1 Å². The zero-order chi connectivity index (χ0) is 33.3. The monoisotopic (exact) mass is 678 g/mol. The van der Waals surface area contributed by atoms with Gasteiger partial charge in [-0.25, -0.2) is 13.4 Å². The van der Waals surface area contributed by atoms with Crippen LogP contribution in [0.4, 0.5) is 34.5 Å². The van der Waals surface area contributed by atoms with Gasteiger partial charge in [-0.1, -0.05) is 11.6 Å². The molecule has 47 heavy (non-hydrogen) atoms. The van der Waals surface area contributed by atoms with E-state index >= 15 is 0 Å². The standard InChI is InChI=1S/C33H43ClN10O2S/c1-22-18-28(30(41(2)3)19-29(22)44-12-8-23(9-13-44)43-16-14-42(4)15-17-43)39-33-37-20-25(34)32(40-33)38-26-6-7-27-31(36-11-10-35-27)24(26)21-47(5,45)46/h6-7,10-11,18-20,23H,8-9,12-17,21H2,1-5H3,(H2,37,38,39,40). The number of nitrogens with zero attached hydrogens (tertiary/aromatic N) is 8. The Hall–Kier alpha value is -3.78. The lowest BCUT2D eigenvalue weighted by molar-refractivity contribution is 0.0982. The van der Waals surface area contributed by atoms with Crippen LogP contribution in [0.2, 0.25) is 5.02 Å². The summed E-state index contributed by atoms with van der Waals surface area (Å²) in [7, 11) is 2.89. The Labute approximate surface area is 282 Å². The van der Waals surface area contributed by atoms with Crippen molar-refractivity contribution in [2.45, 2.75) is 31.6 Å². The molecule has 2 aromatic heterocycles. The summed E-state index contributed by atoms with van der Waals surface area (Å²) in [6.07, 6.45) is 8.18. The summed E-state index contributed by atoms with van der Waals surface area (Å²) in [5, 5.41) is 6.93. The summed E-state index contributed by atoms with van der Waals surface area (Å²) in [4.78, 5) is 27.6. The number of likely N-dealkylation sites (N-methyl/N-ethyl adjacent to an activating group) is 1. The van der Waals surface area contributed by atoms with Gasteiger partial charge in [-0.15, -0.1) is 0 Å². The summed E-state index contributed by atoms with van der Waals surface area (Å²) < 4.78 is 24.7. The number of hydrogen-bond donors (Lipinski definition) is 2. The third-order valence-electron chi connectivity index (χ3n) is 9.05. The predicted octanol–water partition coefficient (Wildman–Crippen LogP) is 4.70. The number of nitrogens with one attached hydrogen (secondary N) is 2. The Morgan fingerprint density at radius 2 is 1.68 bits per heavy atom. The summed E-state index contributed by atoms with van der Waals surface area (Å²) in [5.74, 6) is 0.473. The van der Waals surface area contributed by atoms with E-state index in [0.29, 0.717) is 45.1 Å².